The van der Waals surface area contributed by atoms with E-state index in [1.165, 1.54) is 11.1 Å². The minimum Gasteiger partial charge on any atom is -1.00 e. The molecule has 0 aliphatic heterocycles. The van der Waals surface area contributed by atoms with E-state index in [0.717, 1.165) is 33.9 Å². The van der Waals surface area contributed by atoms with Gasteiger partial charge in [0.1, 0.15) is 11.1 Å². The molecule has 2 heterocycles. The van der Waals surface area contributed by atoms with Gasteiger partial charge in [-0.2, -0.15) is 0 Å². The summed E-state index contributed by atoms with van der Waals surface area (Å²) in [5.41, 5.74) is 7.74. The first-order valence-corrected chi connectivity index (χ1v) is 15.9. The van der Waals surface area contributed by atoms with Crippen LogP contribution in [-0.4, -0.2) is 14.1 Å². The molecule has 0 saturated heterocycles. The van der Waals surface area contributed by atoms with Gasteiger partial charge in [0.2, 0.25) is 0 Å². The Labute approximate surface area is 315 Å². The first-order chi connectivity index (χ1) is 21.7. The molecule has 4 aromatic carbocycles. The van der Waals surface area contributed by atoms with Gasteiger partial charge in [-0.25, -0.2) is 0 Å². The average molecular weight is 830 g/mol. The highest BCUT2D eigenvalue weighted by atomic mass is 79.9. The van der Waals surface area contributed by atoms with Gasteiger partial charge in [0.05, 0.1) is 11.4 Å². The highest BCUT2D eigenvalue weighted by molar-refractivity contribution is 6.35. The summed E-state index contributed by atoms with van der Waals surface area (Å²) < 4.78 is 4.53. The molecule has 0 atom stereocenters. The van der Waals surface area contributed by atoms with Crippen molar-refractivity contribution >= 4 is 69.2 Å². The van der Waals surface area contributed by atoms with Crippen LogP contribution in [0.1, 0.15) is 11.1 Å². The van der Waals surface area contributed by atoms with Crippen LogP contribution in [0.5, 0.6) is 0 Å². The fourth-order valence-corrected chi connectivity index (χ4v) is 7.24. The zero-order valence-electron chi connectivity index (χ0n) is 25.3. The molecule has 0 unspecified atom stereocenters. The number of fused-ring (bicyclic) bond motifs is 5. The quantitative estimate of drug-likeness (QED) is 0.238. The molecule has 0 saturated carbocycles. The second-order valence-corrected chi connectivity index (χ2v) is 12.9. The van der Waals surface area contributed by atoms with Crippen LogP contribution in [0.2, 0.25) is 20.1 Å². The molecule has 6 aromatic rings. The summed E-state index contributed by atoms with van der Waals surface area (Å²) in [4.78, 5) is 4.14. The minimum absolute atomic E-state index is 0. The summed E-state index contributed by atoms with van der Waals surface area (Å²) >= 11 is 25.3. The number of anilines is 4. The minimum atomic E-state index is -0.713. The lowest BCUT2D eigenvalue weighted by Crippen LogP contribution is -3.00. The monoisotopic (exact) mass is 826 g/mol. The number of rotatable bonds is 6. The fraction of sp³-hybridized carbons (Fsp3) is 0.0811. The van der Waals surface area contributed by atoms with Crippen LogP contribution in [0, 0.1) is 0 Å². The molecule has 0 amide bonds. The number of pyridine rings is 2. The molecular formula is C37H28Br2Cl4N4. The Morgan fingerprint density at radius 3 is 1.13 bits per heavy atom. The van der Waals surface area contributed by atoms with Gasteiger partial charge < -0.3 is 43.8 Å². The second-order valence-electron chi connectivity index (χ2n) is 11.1. The topological polar surface area (TPSA) is 14.2 Å². The maximum absolute atomic E-state index is 6.32. The van der Waals surface area contributed by atoms with Crippen LogP contribution in [0.3, 0.4) is 0 Å². The molecule has 0 radical (unpaired) electrons. The van der Waals surface area contributed by atoms with Crippen LogP contribution in [-0.2, 0) is 5.66 Å². The third kappa shape index (κ3) is 6.52. The molecule has 0 fully saturated rings. The van der Waals surface area contributed by atoms with Gasteiger partial charge >= 0.3 is 5.66 Å². The Morgan fingerprint density at radius 2 is 0.787 bits per heavy atom. The molecule has 10 heteroatoms. The van der Waals surface area contributed by atoms with E-state index in [1.807, 2.05) is 38.4 Å². The van der Waals surface area contributed by atoms with Crippen LogP contribution in [0.25, 0.3) is 11.1 Å². The van der Waals surface area contributed by atoms with Gasteiger partial charge in [-0.1, -0.05) is 70.7 Å². The highest BCUT2D eigenvalue weighted by Gasteiger charge is 2.54. The molecular weight excluding hydrogens is 802 g/mol. The normalized spacial score (nSPS) is 12.3. The number of benzene rings is 4. The molecule has 0 N–H and O–H groups in total. The van der Waals surface area contributed by atoms with Gasteiger partial charge in [-0.3, -0.25) is 0 Å². The van der Waals surface area contributed by atoms with E-state index in [0.29, 0.717) is 20.1 Å². The van der Waals surface area contributed by atoms with Gasteiger partial charge in [0.15, 0.2) is 24.8 Å². The summed E-state index contributed by atoms with van der Waals surface area (Å²) in [6.45, 7) is 0. The van der Waals surface area contributed by atoms with Gasteiger partial charge in [0, 0.05) is 69.8 Å². The lowest BCUT2D eigenvalue weighted by atomic mass is 9.91. The molecule has 4 nitrogen and oxygen atoms in total. The number of halogens is 6. The zero-order chi connectivity index (χ0) is 31.3. The predicted molar refractivity (Wildman–Crippen MR) is 186 cm³/mol. The van der Waals surface area contributed by atoms with E-state index in [9.17, 15) is 0 Å². The Hall–Kier alpha value is -3.10. The van der Waals surface area contributed by atoms with Crippen molar-refractivity contribution in [2.45, 2.75) is 5.66 Å². The van der Waals surface area contributed by atoms with Crippen molar-refractivity contribution in [2.24, 2.45) is 0 Å². The van der Waals surface area contributed by atoms with Crippen molar-refractivity contribution < 1.29 is 43.1 Å². The molecule has 47 heavy (non-hydrogen) atoms. The summed E-state index contributed by atoms with van der Waals surface area (Å²) in [5, 5.41) is 2.38. The number of aromatic nitrogens is 2. The maximum Gasteiger partial charge on any atom is 0.414 e. The third-order valence-corrected chi connectivity index (χ3v) is 9.35. The van der Waals surface area contributed by atoms with Crippen LogP contribution in [0.15, 0.2) is 134 Å². The SMILES string of the molecule is CN(c1cc[n+](C2([n+]3ccc(N(C)c4cc(Cl)cc(Cl)c4)cc3)c3cccc(c3)-c3cccc2c3)cc1)c1cc(Cl)cc(Cl)c1.[Br-].[Br-]. The molecule has 7 rings (SSSR count). The van der Waals surface area contributed by atoms with Crippen molar-refractivity contribution in [3.05, 3.63) is 165 Å². The van der Waals surface area contributed by atoms with E-state index < -0.39 is 5.66 Å². The lowest BCUT2D eigenvalue weighted by molar-refractivity contribution is -0.971. The van der Waals surface area contributed by atoms with Crippen LogP contribution < -0.4 is 52.9 Å². The van der Waals surface area contributed by atoms with E-state index in [-0.39, 0.29) is 34.0 Å². The molecule has 0 spiro atoms. The molecule has 2 aromatic heterocycles. The lowest BCUT2D eigenvalue weighted by Gasteiger charge is -2.25. The zero-order valence-corrected chi connectivity index (χ0v) is 31.5. The standard InChI is InChI=1S/C37H28Cl4N4.2BrH/c1-42(35-21-29(38)19-30(39)22-35)33-9-13-44(14-10-33)37(27-7-3-5-25(17-27)26-6-4-8-28(37)18-26)45-15-11-34(12-16-45)43(2)36-23-31(40)20-32(41)24-36;;/h3-24H,1-2H3;2*1H/q+2;;/p-2. The first kappa shape index (κ1) is 35.2. The maximum atomic E-state index is 6.32. The Kier molecular flexibility index (Phi) is 10.6. The Balaban J connectivity index is 0.00000217. The second kappa shape index (κ2) is 14.2. The summed E-state index contributed by atoms with van der Waals surface area (Å²) in [7, 11) is 4.01. The van der Waals surface area contributed by atoms with Crippen molar-refractivity contribution in [1.82, 2.24) is 0 Å². The summed E-state index contributed by atoms with van der Waals surface area (Å²) in [6, 6.07) is 37.1. The van der Waals surface area contributed by atoms with E-state index in [1.54, 1.807) is 12.1 Å². The Bertz CT molecular complexity index is 1870. The number of nitrogens with zero attached hydrogens (tertiary/aromatic N) is 4. The van der Waals surface area contributed by atoms with E-state index in [4.69, 9.17) is 46.4 Å². The largest absolute Gasteiger partial charge is 1.00 e. The van der Waals surface area contributed by atoms with Crippen molar-refractivity contribution in [3.8, 4) is 11.1 Å². The number of hydrogen-bond donors (Lipinski definition) is 0. The molecule has 1 aliphatic rings. The smallest absolute Gasteiger partial charge is 0.414 e. The van der Waals surface area contributed by atoms with Crippen molar-refractivity contribution in [2.75, 3.05) is 23.9 Å². The third-order valence-electron chi connectivity index (χ3n) is 8.48. The number of hydrogen-bond acceptors (Lipinski definition) is 2. The molecule has 238 valence electrons. The van der Waals surface area contributed by atoms with E-state index >= 15 is 0 Å². The molecule has 1 aliphatic carbocycles. The fourth-order valence-electron chi connectivity index (χ4n) is 6.21. The Morgan fingerprint density at radius 1 is 0.447 bits per heavy atom. The summed E-state index contributed by atoms with van der Waals surface area (Å²) in [6.07, 6.45) is 8.51. The predicted octanol–water partition coefficient (Wildman–Crippen LogP) is 3.70. The highest BCUT2D eigenvalue weighted by Crippen LogP contribution is 2.37. The first-order valence-electron chi connectivity index (χ1n) is 14.4. The van der Waals surface area contributed by atoms with Gasteiger partial charge in [-0.15, -0.1) is 9.13 Å². The summed E-state index contributed by atoms with van der Waals surface area (Å²) in [5.74, 6) is 0. The molecule has 4 bridgehead atoms. The van der Waals surface area contributed by atoms with Crippen LogP contribution >= 0.6 is 46.4 Å². The van der Waals surface area contributed by atoms with Crippen molar-refractivity contribution in [1.29, 1.82) is 0 Å². The van der Waals surface area contributed by atoms with Crippen LogP contribution in [0.4, 0.5) is 22.7 Å². The van der Waals surface area contributed by atoms with Gasteiger partial charge in [-0.05, 0) is 71.8 Å². The average Bonchev–Trinajstić information content (AvgIpc) is 3.10. The van der Waals surface area contributed by atoms with E-state index in [2.05, 4.69) is 117 Å². The van der Waals surface area contributed by atoms with Gasteiger partial charge in [0.25, 0.3) is 0 Å². The van der Waals surface area contributed by atoms with Crippen molar-refractivity contribution in [3.63, 3.8) is 0 Å².